The van der Waals surface area contributed by atoms with Crippen LogP contribution in [0.3, 0.4) is 0 Å². The second kappa shape index (κ2) is 6.75. The molecule has 1 N–H and O–H groups in total. The van der Waals surface area contributed by atoms with E-state index in [1.807, 2.05) is 18.3 Å². The summed E-state index contributed by atoms with van der Waals surface area (Å²) in [5, 5.41) is 8.23. The highest BCUT2D eigenvalue weighted by molar-refractivity contribution is 6.31. The van der Waals surface area contributed by atoms with Gasteiger partial charge in [-0.25, -0.2) is 0 Å². The number of aromatic nitrogens is 3. The molecular weight excluding hydrogens is 320 g/mol. The Morgan fingerprint density at radius 2 is 1.92 bits per heavy atom. The Morgan fingerprint density at radius 1 is 1.08 bits per heavy atom. The predicted octanol–water partition coefficient (Wildman–Crippen LogP) is 3.65. The minimum Gasteiger partial charge on any atom is -0.298 e. The molecular formula is C19H19ClN4. The van der Waals surface area contributed by atoms with Crippen molar-refractivity contribution in [2.75, 3.05) is 13.1 Å². The van der Waals surface area contributed by atoms with Gasteiger partial charge in [0.2, 0.25) is 0 Å². The zero-order valence-electron chi connectivity index (χ0n) is 13.3. The fourth-order valence-electron chi connectivity index (χ4n) is 3.29. The number of pyridine rings is 1. The third kappa shape index (κ3) is 3.21. The molecule has 0 atom stereocenters. The van der Waals surface area contributed by atoms with E-state index in [4.69, 9.17) is 11.6 Å². The number of hydrogen-bond acceptors (Lipinski definition) is 3. The first kappa shape index (κ1) is 15.4. The van der Waals surface area contributed by atoms with Crippen molar-refractivity contribution in [1.29, 1.82) is 0 Å². The average molecular weight is 339 g/mol. The largest absolute Gasteiger partial charge is 0.298 e. The van der Waals surface area contributed by atoms with Crippen molar-refractivity contribution in [2.24, 2.45) is 0 Å². The number of nitrogens with one attached hydrogen (secondary N) is 1. The van der Waals surface area contributed by atoms with Crippen molar-refractivity contribution in [3.05, 3.63) is 82.4 Å². The smallest absolute Gasteiger partial charge is 0.0634 e. The van der Waals surface area contributed by atoms with Crippen molar-refractivity contribution in [3.63, 3.8) is 0 Å². The van der Waals surface area contributed by atoms with E-state index >= 15 is 0 Å². The highest BCUT2D eigenvalue weighted by atomic mass is 35.5. The van der Waals surface area contributed by atoms with E-state index in [1.54, 1.807) is 12.4 Å². The van der Waals surface area contributed by atoms with Crippen LogP contribution in [0, 0.1) is 0 Å². The van der Waals surface area contributed by atoms with Crippen LogP contribution in [0.4, 0.5) is 0 Å². The molecule has 4 rings (SSSR count). The second-order valence-electron chi connectivity index (χ2n) is 6.33. The fraction of sp³-hybridized carbons (Fsp3) is 0.263. The second-order valence-corrected chi connectivity index (χ2v) is 6.74. The molecule has 0 bridgehead atoms. The Hall–Kier alpha value is -2.17. The average Bonchev–Trinajstić information content (AvgIpc) is 3.01. The minimum atomic E-state index is 0.520. The van der Waals surface area contributed by atoms with E-state index in [-0.39, 0.29) is 0 Å². The Labute approximate surface area is 146 Å². The van der Waals surface area contributed by atoms with E-state index in [1.165, 1.54) is 16.8 Å². The molecule has 1 fully saturated rings. The van der Waals surface area contributed by atoms with Crippen LogP contribution >= 0.6 is 11.6 Å². The summed E-state index contributed by atoms with van der Waals surface area (Å²) in [7, 11) is 0. The molecule has 3 aromatic rings. The molecule has 0 saturated carbocycles. The van der Waals surface area contributed by atoms with Gasteiger partial charge in [-0.3, -0.25) is 15.0 Å². The van der Waals surface area contributed by atoms with Crippen molar-refractivity contribution in [3.8, 4) is 0 Å². The lowest BCUT2D eigenvalue weighted by molar-refractivity contribution is 0.137. The van der Waals surface area contributed by atoms with E-state index < -0.39 is 0 Å². The monoisotopic (exact) mass is 338 g/mol. The summed E-state index contributed by atoms with van der Waals surface area (Å²) in [6.07, 6.45) is 6.40. The first-order chi connectivity index (χ1) is 11.8. The first-order valence-corrected chi connectivity index (χ1v) is 8.54. The molecule has 0 amide bonds. The summed E-state index contributed by atoms with van der Waals surface area (Å²) in [4.78, 5) is 6.44. The van der Waals surface area contributed by atoms with Gasteiger partial charge >= 0.3 is 0 Å². The number of H-pyrrole nitrogens is 1. The van der Waals surface area contributed by atoms with Gasteiger partial charge < -0.3 is 0 Å². The topological polar surface area (TPSA) is 44.8 Å². The molecule has 0 aliphatic carbocycles. The number of rotatable bonds is 5. The maximum absolute atomic E-state index is 6.20. The first-order valence-electron chi connectivity index (χ1n) is 8.16. The number of benzene rings is 1. The molecule has 0 radical (unpaired) electrons. The molecule has 2 aromatic heterocycles. The summed E-state index contributed by atoms with van der Waals surface area (Å²) in [6, 6.07) is 12.5. The Kier molecular flexibility index (Phi) is 4.32. The molecule has 1 aromatic carbocycles. The van der Waals surface area contributed by atoms with Gasteiger partial charge in [0.05, 0.1) is 11.2 Å². The third-order valence-corrected chi connectivity index (χ3v) is 4.94. The molecule has 1 aliphatic rings. The molecule has 5 heteroatoms. The van der Waals surface area contributed by atoms with Gasteiger partial charge in [-0.05, 0) is 22.8 Å². The Bertz CT molecular complexity index is 809. The lowest BCUT2D eigenvalue weighted by Gasteiger charge is -2.39. The van der Waals surface area contributed by atoms with Crippen LogP contribution < -0.4 is 0 Å². The highest BCUT2D eigenvalue weighted by Gasteiger charge is 2.31. The van der Waals surface area contributed by atoms with Gasteiger partial charge in [0, 0.05) is 50.1 Å². The van der Waals surface area contributed by atoms with Crippen LogP contribution in [0.5, 0.6) is 0 Å². The van der Waals surface area contributed by atoms with Gasteiger partial charge in [-0.1, -0.05) is 41.9 Å². The van der Waals surface area contributed by atoms with E-state index in [0.29, 0.717) is 5.92 Å². The van der Waals surface area contributed by atoms with Crippen LogP contribution in [0.25, 0.3) is 0 Å². The number of halogens is 1. The Balaban J connectivity index is 1.39. The van der Waals surface area contributed by atoms with Gasteiger partial charge in [0.15, 0.2) is 0 Å². The molecule has 3 heterocycles. The number of likely N-dealkylation sites (tertiary alicyclic amines) is 1. The SMILES string of the molecule is Clc1cnccc1CN1CC(c2[nH]ncc2Cc2ccccc2)C1. The summed E-state index contributed by atoms with van der Waals surface area (Å²) >= 11 is 6.20. The summed E-state index contributed by atoms with van der Waals surface area (Å²) in [6.45, 7) is 2.94. The van der Waals surface area contributed by atoms with Crippen LogP contribution in [-0.4, -0.2) is 33.2 Å². The predicted molar refractivity (Wildman–Crippen MR) is 95.1 cm³/mol. The van der Waals surface area contributed by atoms with Gasteiger partial charge in [-0.2, -0.15) is 5.10 Å². The van der Waals surface area contributed by atoms with Crippen molar-refractivity contribution in [1.82, 2.24) is 20.1 Å². The van der Waals surface area contributed by atoms with E-state index in [0.717, 1.165) is 36.6 Å². The van der Waals surface area contributed by atoms with Crippen LogP contribution in [0.1, 0.15) is 28.3 Å². The maximum Gasteiger partial charge on any atom is 0.0634 e. The van der Waals surface area contributed by atoms with Crippen LogP contribution in [-0.2, 0) is 13.0 Å². The van der Waals surface area contributed by atoms with Gasteiger partial charge in [-0.15, -0.1) is 0 Å². The summed E-state index contributed by atoms with van der Waals surface area (Å²) in [5.41, 5.74) is 5.03. The third-order valence-electron chi connectivity index (χ3n) is 4.60. The van der Waals surface area contributed by atoms with Crippen molar-refractivity contribution in [2.45, 2.75) is 18.9 Å². The van der Waals surface area contributed by atoms with Gasteiger partial charge in [0.25, 0.3) is 0 Å². The normalized spacial score (nSPS) is 15.4. The molecule has 24 heavy (non-hydrogen) atoms. The van der Waals surface area contributed by atoms with E-state index in [9.17, 15) is 0 Å². The number of hydrogen-bond donors (Lipinski definition) is 1. The molecule has 4 nitrogen and oxygen atoms in total. The quantitative estimate of drug-likeness (QED) is 0.772. The molecule has 122 valence electrons. The molecule has 1 saturated heterocycles. The summed E-state index contributed by atoms with van der Waals surface area (Å²) in [5.74, 6) is 0.520. The maximum atomic E-state index is 6.20. The molecule has 1 aliphatic heterocycles. The zero-order chi connectivity index (χ0) is 16.4. The molecule has 0 spiro atoms. The van der Waals surface area contributed by atoms with Crippen molar-refractivity contribution < 1.29 is 0 Å². The number of aromatic amines is 1. The lowest BCUT2D eigenvalue weighted by atomic mass is 9.91. The lowest BCUT2D eigenvalue weighted by Crippen LogP contribution is -2.44. The zero-order valence-corrected chi connectivity index (χ0v) is 14.1. The highest BCUT2D eigenvalue weighted by Crippen LogP contribution is 2.31. The Morgan fingerprint density at radius 3 is 2.71 bits per heavy atom. The number of nitrogens with zero attached hydrogens (tertiary/aromatic N) is 3. The standard InChI is InChI=1S/C19H19ClN4/c20-18-10-21-7-6-15(18)11-24-12-17(13-24)19-16(9-22-23-19)8-14-4-2-1-3-5-14/h1-7,9-10,17H,8,11-13H2,(H,22,23). The van der Waals surface area contributed by atoms with Gasteiger partial charge in [0.1, 0.15) is 0 Å². The minimum absolute atomic E-state index is 0.520. The fourth-order valence-corrected chi connectivity index (χ4v) is 3.46. The summed E-state index contributed by atoms with van der Waals surface area (Å²) < 4.78 is 0. The van der Waals surface area contributed by atoms with Crippen LogP contribution in [0.2, 0.25) is 5.02 Å². The van der Waals surface area contributed by atoms with Crippen LogP contribution in [0.15, 0.2) is 55.0 Å². The molecule has 0 unspecified atom stereocenters. The van der Waals surface area contributed by atoms with Crippen molar-refractivity contribution >= 4 is 11.6 Å². The van der Waals surface area contributed by atoms with E-state index in [2.05, 4.69) is 44.3 Å².